The summed E-state index contributed by atoms with van der Waals surface area (Å²) < 4.78 is 26.9. The standard InChI is InChI=1S/C15H17N3O4S/c16-10-9-12-5-7-13(8-6-12)11-17-23(21,22)15-4-2-1-3-14(15)18(19)20/h1-8,17H,9-11,16H2. The number of nitrogens with one attached hydrogen (secondary N) is 1. The van der Waals surface area contributed by atoms with Crippen LogP contribution in [0.25, 0.3) is 0 Å². The normalized spacial score (nSPS) is 11.3. The van der Waals surface area contributed by atoms with Gasteiger partial charge in [0.25, 0.3) is 5.69 Å². The van der Waals surface area contributed by atoms with Crippen LogP contribution in [-0.4, -0.2) is 19.9 Å². The Hall–Kier alpha value is -2.29. The summed E-state index contributed by atoms with van der Waals surface area (Å²) in [6.07, 6.45) is 0.752. The van der Waals surface area contributed by atoms with Gasteiger partial charge in [0.2, 0.25) is 10.0 Å². The van der Waals surface area contributed by atoms with E-state index in [4.69, 9.17) is 5.73 Å². The maximum Gasteiger partial charge on any atom is 0.289 e. The number of sulfonamides is 1. The largest absolute Gasteiger partial charge is 0.330 e. The van der Waals surface area contributed by atoms with Crippen molar-refractivity contribution in [3.05, 3.63) is 69.8 Å². The van der Waals surface area contributed by atoms with Crippen LogP contribution in [0.3, 0.4) is 0 Å². The minimum absolute atomic E-state index is 0.0529. The Morgan fingerprint density at radius 2 is 1.65 bits per heavy atom. The van der Waals surface area contributed by atoms with Crippen molar-refractivity contribution in [1.29, 1.82) is 0 Å². The fourth-order valence-electron chi connectivity index (χ4n) is 2.08. The zero-order chi connectivity index (χ0) is 16.9. The maximum atomic E-state index is 12.3. The first-order valence-electron chi connectivity index (χ1n) is 6.95. The third-order valence-corrected chi connectivity index (χ3v) is 4.72. The van der Waals surface area contributed by atoms with Crippen LogP contribution in [0.4, 0.5) is 5.69 Å². The first kappa shape index (κ1) is 17.1. The SMILES string of the molecule is NCCc1ccc(CNS(=O)(=O)c2ccccc2[N+](=O)[O-])cc1. The summed E-state index contributed by atoms with van der Waals surface area (Å²) in [5.74, 6) is 0. The van der Waals surface area contributed by atoms with Gasteiger partial charge < -0.3 is 5.73 Å². The van der Waals surface area contributed by atoms with E-state index in [0.29, 0.717) is 6.54 Å². The Morgan fingerprint density at radius 3 is 2.26 bits per heavy atom. The molecule has 2 aromatic carbocycles. The van der Waals surface area contributed by atoms with Crippen molar-refractivity contribution in [2.24, 2.45) is 5.73 Å². The van der Waals surface area contributed by atoms with Crippen molar-refractivity contribution in [1.82, 2.24) is 4.72 Å². The van der Waals surface area contributed by atoms with E-state index in [9.17, 15) is 18.5 Å². The molecule has 0 saturated heterocycles. The van der Waals surface area contributed by atoms with E-state index in [1.807, 2.05) is 12.1 Å². The molecule has 0 spiro atoms. The quantitative estimate of drug-likeness (QED) is 0.588. The molecule has 0 radical (unpaired) electrons. The second kappa shape index (κ2) is 7.32. The molecule has 3 N–H and O–H groups in total. The second-order valence-electron chi connectivity index (χ2n) is 4.90. The lowest BCUT2D eigenvalue weighted by Gasteiger charge is -2.08. The van der Waals surface area contributed by atoms with Gasteiger partial charge in [-0.25, -0.2) is 13.1 Å². The van der Waals surface area contributed by atoms with Gasteiger partial charge in [-0.1, -0.05) is 36.4 Å². The van der Waals surface area contributed by atoms with E-state index in [-0.39, 0.29) is 11.4 Å². The molecule has 0 amide bonds. The van der Waals surface area contributed by atoms with Gasteiger partial charge in [-0.15, -0.1) is 0 Å². The van der Waals surface area contributed by atoms with E-state index >= 15 is 0 Å². The number of rotatable bonds is 7. The molecule has 0 atom stereocenters. The van der Waals surface area contributed by atoms with Gasteiger partial charge in [0.05, 0.1) is 4.92 Å². The molecule has 0 unspecified atom stereocenters. The highest BCUT2D eigenvalue weighted by Gasteiger charge is 2.24. The first-order chi connectivity index (χ1) is 10.9. The maximum absolute atomic E-state index is 12.3. The Balaban J connectivity index is 2.14. The summed E-state index contributed by atoms with van der Waals surface area (Å²) in [7, 11) is -3.97. The van der Waals surface area contributed by atoms with E-state index < -0.39 is 20.6 Å². The molecule has 2 rings (SSSR count). The Bertz CT molecular complexity index is 789. The highest BCUT2D eigenvalue weighted by Crippen LogP contribution is 2.22. The van der Waals surface area contributed by atoms with E-state index in [1.165, 1.54) is 18.2 Å². The monoisotopic (exact) mass is 335 g/mol. The zero-order valence-corrected chi connectivity index (χ0v) is 13.1. The minimum Gasteiger partial charge on any atom is -0.330 e. The van der Waals surface area contributed by atoms with Crippen LogP contribution in [0.15, 0.2) is 53.4 Å². The van der Waals surface area contributed by atoms with Crippen LogP contribution in [-0.2, 0) is 23.0 Å². The van der Waals surface area contributed by atoms with Gasteiger partial charge in [0, 0.05) is 12.6 Å². The van der Waals surface area contributed by atoms with Gasteiger partial charge in [0.1, 0.15) is 0 Å². The van der Waals surface area contributed by atoms with Gasteiger partial charge in [-0.2, -0.15) is 0 Å². The van der Waals surface area contributed by atoms with Crippen LogP contribution in [0.2, 0.25) is 0 Å². The molecule has 0 aliphatic rings. The number of nitro groups is 1. The summed E-state index contributed by atoms with van der Waals surface area (Å²) in [6.45, 7) is 0.598. The van der Waals surface area contributed by atoms with Crippen molar-refractivity contribution in [3.63, 3.8) is 0 Å². The Morgan fingerprint density at radius 1 is 1.04 bits per heavy atom. The van der Waals surface area contributed by atoms with Crippen molar-refractivity contribution < 1.29 is 13.3 Å². The fraction of sp³-hybridized carbons (Fsp3) is 0.200. The smallest absolute Gasteiger partial charge is 0.289 e. The van der Waals surface area contributed by atoms with Crippen molar-refractivity contribution in [3.8, 4) is 0 Å². The summed E-state index contributed by atoms with van der Waals surface area (Å²) in [6, 6.07) is 12.6. The first-order valence-corrected chi connectivity index (χ1v) is 8.43. The molecule has 0 bridgehead atoms. The molecular weight excluding hydrogens is 318 g/mol. The third kappa shape index (κ3) is 4.35. The molecule has 0 fully saturated rings. The van der Waals surface area contributed by atoms with Crippen LogP contribution >= 0.6 is 0 Å². The number of nitro benzene ring substituents is 1. The average Bonchev–Trinajstić information content (AvgIpc) is 2.54. The molecule has 8 heteroatoms. The second-order valence-corrected chi connectivity index (χ2v) is 6.64. The number of nitrogens with two attached hydrogens (primary N) is 1. The number of hydrogen-bond acceptors (Lipinski definition) is 5. The Kier molecular flexibility index (Phi) is 5.43. The van der Waals surface area contributed by atoms with Crippen LogP contribution < -0.4 is 10.5 Å². The van der Waals surface area contributed by atoms with Crippen LogP contribution in [0.1, 0.15) is 11.1 Å². The van der Waals surface area contributed by atoms with Crippen LogP contribution in [0.5, 0.6) is 0 Å². The van der Waals surface area contributed by atoms with E-state index in [0.717, 1.165) is 23.6 Å². The summed E-state index contributed by atoms with van der Waals surface area (Å²) in [4.78, 5) is 9.89. The predicted octanol–water partition coefficient (Wildman–Crippen LogP) is 1.57. The number of benzene rings is 2. The Labute approximate surface area is 134 Å². The highest BCUT2D eigenvalue weighted by atomic mass is 32.2. The molecule has 122 valence electrons. The molecule has 2 aromatic rings. The number of para-hydroxylation sites is 1. The number of hydrogen-bond donors (Lipinski definition) is 2. The third-order valence-electron chi connectivity index (χ3n) is 3.27. The summed E-state index contributed by atoms with van der Waals surface area (Å²) in [5, 5.41) is 10.9. The molecule has 7 nitrogen and oxygen atoms in total. The van der Waals surface area contributed by atoms with Gasteiger partial charge >= 0.3 is 0 Å². The molecule has 0 aliphatic heterocycles. The highest BCUT2D eigenvalue weighted by molar-refractivity contribution is 7.89. The van der Waals surface area contributed by atoms with Gasteiger partial charge in [-0.05, 0) is 30.2 Å². The van der Waals surface area contributed by atoms with Crippen LogP contribution in [0, 0.1) is 10.1 Å². The van der Waals surface area contributed by atoms with Gasteiger partial charge in [-0.3, -0.25) is 10.1 Å². The lowest BCUT2D eigenvalue weighted by atomic mass is 10.1. The fourth-order valence-corrected chi connectivity index (χ4v) is 3.27. The van der Waals surface area contributed by atoms with Gasteiger partial charge in [0.15, 0.2) is 4.90 Å². The lowest BCUT2D eigenvalue weighted by Crippen LogP contribution is -2.24. The van der Waals surface area contributed by atoms with E-state index in [2.05, 4.69) is 4.72 Å². The topological polar surface area (TPSA) is 115 Å². The van der Waals surface area contributed by atoms with Crippen molar-refractivity contribution in [2.45, 2.75) is 17.9 Å². The zero-order valence-electron chi connectivity index (χ0n) is 12.3. The molecule has 0 heterocycles. The van der Waals surface area contributed by atoms with Crippen molar-refractivity contribution in [2.75, 3.05) is 6.54 Å². The lowest BCUT2D eigenvalue weighted by molar-refractivity contribution is -0.387. The van der Waals surface area contributed by atoms with Crippen molar-refractivity contribution >= 4 is 15.7 Å². The summed E-state index contributed by atoms with van der Waals surface area (Å²) in [5.41, 5.74) is 6.85. The molecule has 0 aliphatic carbocycles. The average molecular weight is 335 g/mol. The molecule has 0 aromatic heterocycles. The molecular formula is C15H17N3O4S. The molecule has 0 saturated carbocycles. The predicted molar refractivity (Wildman–Crippen MR) is 86.3 cm³/mol. The van der Waals surface area contributed by atoms with E-state index in [1.54, 1.807) is 12.1 Å². The molecule has 23 heavy (non-hydrogen) atoms. The summed E-state index contributed by atoms with van der Waals surface area (Å²) >= 11 is 0. The minimum atomic E-state index is -3.97. The number of nitrogens with zero attached hydrogens (tertiary/aromatic N) is 1.